The lowest BCUT2D eigenvalue weighted by molar-refractivity contribution is -0.304. The molecule has 0 N–H and O–H groups in total. The highest BCUT2D eigenvalue weighted by Crippen LogP contribution is 2.38. The molecular weight excluding hydrogens is 459 g/mol. The van der Waals surface area contributed by atoms with E-state index in [1.807, 2.05) is 12.1 Å². The smallest absolute Gasteiger partial charge is 0.403 e. The van der Waals surface area contributed by atoms with E-state index in [9.17, 15) is 22.0 Å². The normalized spacial score (nSPS) is 19.5. The summed E-state index contributed by atoms with van der Waals surface area (Å²) in [6.45, 7) is 6.71. The van der Waals surface area contributed by atoms with Gasteiger partial charge in [0, 0.05) is 5.56 Å². The lowest BCUT2D eigenvalue weighted by Gasteiger charge is -2.28. The zero-order valence-corrected chi connectivity index (χ0v) is 20.1. The Hall–Kier alpha value is -2.89. The van der Waals surface area contributed by atoms with Crippen LogP contribution in [-0.2, 0) is 4.74 Å². The molecule has 2 aromatic carbocycles. The van der Waals surface area contributed by atoms with E-state index in [0.29, 0.717) is 11.5 Å². The van der Waals surface area contributed by atoms with Crippen molar-refractivity contribution in [2.45, 2.75) is 64.7 Å². The minimum absolute atomic E-state index is 0.0617. The fraction of sp³-hybridized carbons (Fsp3) is 0.379. The third-order valence-corrected chi connectivity index (χ3v) is 6.64. The van der Waals surface area contributed by atoms with Gasteiger partial charge in [-0.3, -0.25) is 0 Å². The van der Waals surface area contributed by atoms with Gasteiger partial charge in [0.05, 0.1) is 0 Å². The van der Waals surface area contributed by atoms with Crippen LogP contribution >= 0.6 is 0 Å². The van der Waals surface area contributed by atoms with Gasteiger partial charge in [0.25, 0.3) is 0 Å². The van der Waals surface area contributed by atoms with E-state index >= 15 is 0 Å². The molecular formula is C29H31F5O. The maximum Gasteiger partial charge on any atom is 0.573 e. The van der Waals surface area contributed by atoms with Crippen LogP contribution in [0, 0.1) is 11.7 Å². The maximum atomic E-state index is 14.9. The summed E-state index contributed by atoms with van der Waals surface area (Å²) in [6, 6.07) is 12.7. The molecule has 1 fully saturated rings. The Kier molecular flexibility index (Phi) is 8.92. The zero-order chi connectivity index (χ0) is 25.6. The Labute approximate surface area is 204 Å². The lowest BCUT2D eigenvalue weighted by atomic mass is 9.77. The van der Waals surface area contributed by atoms with Crippen LogP contribution in [0.3, 0.4) is 0 Å². The predicted molar refractivity (Wildman–Crippen MR) is 131 cm³/mol. The number of ether oxygens (including phenoxy) is 1. The number of alkyl halides is 3. The van der Waals surface area contributed by atoms with Crippen LogP contribution in [0.4, 0.5) is 22.0 Å². The van der Waals surface area contributed by atoms with Gasteiger partial charge in [-0.2, -0.15) is 0 Å². The van der Waals surface area contributed by atoms with Crippen LogP contribution in [0.1, 0.15) is 69.4 Å². The van der Waals surface area contributed by atoms with E-state index in [2.05, 4.69) is 30.4 Å². The summed E-state index contributed by atoms with van der Waals surface area (Å²) < 4.78 is 69.5. The molecule has 0 heterocycles. The largest absolute Gasteiger partial charge is 0.573 e. The van der Waals surface area contributed by atoms with Crippen molar-refractivity contribution in [2.75, 3.05) is 0 Å². The molecule has 0 aromatic heterocycles. The van der Waals surface area contributed by atoms with Crippen molar-refractivity contribution in [1.29, 1.82) is 0 Å². The molecule has 35 heavy (non-hydrogen) atoms. The fourth-order valence-corrected chi connectivity index (χ4v) is 4.79. The molecule has 0 unspecified atom stereocenters. The highest BCUT2D eigenvalue weighted by Gasteiger charge is 2.32. The SMILES string of the molecule is C=C(OC(F)(F)F)/C(F)=C\C(=CC)c1ccc(-c2ccc(C3CCC(CCC)CC3)cc2)cc1F. The summed E-state index contributed by atoms with van der Waals surface area (Å²) >= 11 is 0. The molecule has 3 rings (SSSR count). The molecule has 2 aromatic rings. The molecule has 1 saturated carbocycles. The minimum atomic E-state index is -5.06. The molecule has 188 valence electrons. The third-order valence-electron chi connectivity index (χ3n) is 6.64. The number of benzene rings is 2. The Balaban J connectivity index is 1.73. The average Bonchev–Trinajstić information content (AvgIpc) is 2.82. The van der Waals surface area contributed by atoms with Crippen LogP contribution < -0.4 is 0 Å². The fourth-order valence-electron chi connectivity index (χ4n) is 4.79. The molecule has 6 heteroatoms. The van der Waals surface area contributed by atoms with E-state index in [1.54, 1.807) is 6.07 Å². The molecule has 1 aliphatic carbocycles. The van der Waals surface area contributed by atoms with Crippen molar-refractivity contribution in [3.8, 4) is 11.1 Å². The molecule has 1 nitrogen and oxygen atoms in total. The first kappa shape index (κ1) is 26.7. The van der Waals surface area contributed by atoms with Crippen molar-refractivity contribution in [3.05, 3.63) is 89.7 Å². The zero-order valence-electron chi connectivity index (χ0n) is 20.1. The summed E-state index contributed by atoms with van der Waals surface area (Å²) in [5, 5.41) is 0. The molecule has 0 bridgehead atoms. The molecule has 1 aliphatic rings. The molecule has 0 amide bonds. The van der Waals surface area contributed by atoms with Crippen molar-refractivity contribution in [2.24, 2.45) is 5.92 Å². The Bertz CT molecular complexity index is 1070. The van der Waals surface area contributed by atoms with Crippen LogP contribution in [0.2, 0.25) is 0 Å². The summed E-state index contributed by atoms with van der Waals surface area (Å²) in [5.41, 5.74) is 2.96. The molecule has 0 spiro atoms. The Morgan fingerprint density at radius 3 is 2.20 bits per heavy atom. The predicted octanol–water partition coefficient (Wildman–Crippen LogP) is 9.87. The first-order chi connectivity index (χ1) is 16.6. The van der Waals surface area contributed by atoms with Crippen LogP contribution in [0.25, 0.3) is 16.7 Å². The summed E-state index contributed by atoms with van der Waals surface area (Å²) in [7, 11) is 0. The third kappa shape index (κ3) is 7.30. The number of allylic oxidation sites excluding steroid dienone is 4. The molecule has 0 radical (unpaired) electrons. The highest BCUT2D eigenvalue weighted by atomic mass is 19.4. The van der Waals surface area contributed by atoms with Gasteiger partial charge in [-0.15, -0.1) is 13.2 Å². The van der Waals surface area contributed by atoms with E-state index in [4.69, 9.17) is 0 Å². The van der Waals surface area contributed by atoms with Crippen molar-refractivity contribution in [1.82, 2.24) is 0 Å². The number of hydrogen-bond acceptors (Lipinski definition) is 1. The van der Waals surface area contributed by atoms with Gasteiger partial charge in [0.1, 0.15) is 5.82 Å². The summed E-state index contributed by atoms with van der Waals surface area (Å²) in [4.78, 5) is 0. The monoisotopic (exact) mass is 490 g/mol. The van der Waals surface area contributed by atoms with Gasteiger partial charge in [0.15, 0.2) is 11.6 Å². The topological polar surface area (TPSA) is 9.23 Å². The van der Waals surface area contributed by atoms with E-state index in [-0.39, 0.29) is 11.1 Å². The van der Waals surface area contributed by atoms with Crippen LogP contribution in [-0.4, -0.2) is 6.36 Å². The van der Waals surface area contributed by atoms with Gasteiger partial charge < -0.3 is 4.74 Å². The maximum absolute atomic E-state index is 14.9. The second kappa shape index (κ2) is 11.7. The van der Waals surface area contributed by atoms with Crippen LogP contribution in [0.5, 0.6) is 0 Å². The van der Waals surface area contributed by atoms with Gasteiger partial charge in [-0.25, -0.2) is 8.78 Å². The van der Waals surface area contributed by atoms with Crippen molar-refractivity contribution < 1.29 is 26.7 Å². The quantitative estimate of drug-likeness (QED) is 0.203. The van der Waals surface area contributed by atoms with E-state index in [0.717, 1.165) is 17.6 Å². The second-order valence-corrected chi connectivity index (χ2v) is 9.03. The molecule has 0 saturated heterocycles. The van der Waals surface area contributed by atoms with Gasteiger partial charge in [-0.1, -0.05) is 68.8 Å². The van der Waals surface area contributed by atoms with Crippen molar-refractivity contribution >= 4 is 5.57 Å². The van der Waals surface area contributed by atoms with E-state index in [1.165, 1.54) is 69.2 Å². The first-order valence-corrected chi connectivity index (χ1v) is 12.0. The molecule has 0 aliphatic heterocycles. The Morgan fingerprint density at radius 1 is 1.03 bits per heavy atom. The van der Waals surface area contributed by atoms with Gasteiger partial charge in [-0.05, 0) is 78.8 Å². The summed E-state index contributed by atoms with van der Waals surface area (Å²) in [6.07, 6.45) is 4.60. The highest BCUT2D eigenvalue weighted by molar-refractivity contribution is 5.77. The van der Waals surface area contributed by atoms with E-state index < -0.39 is 23.8 Å². The Morgan fingerprint density at radius 2 is 1.66 bits per heavy atom. The first-order valence-electron chi connectivity index (χ1n) is 12.0. The minimum Gasteiger partial charge on any atom is -0.403 e. The number of halogens is 5. The van der Waals surface area contributed by atoms with Gasteiger partial charge in [0.2, 0.25) is 0 Å². The lowest BCUT2D eigenvalue weighted by Crippen LogP contribution is -2.13. The number of hydrogen-bond donors (Lipinski definition) is 0. The standard InChI is InChI=1S/C29H31F5O/c1-4-6-20-7-9-22(10-8-20)23-11-13-24(14-12-23)25-15-16-26(28(31)18-25)21(5-2)17-27(30)19(3)35-29(32,33)34/h5,11-18,20,22H,3-4,6-10H2,1-2H3/b21-5?,27-17+. The average molecular weight is 491 g/mol. The molecule has 0 atom stereocenters. The number of rotatable bonds is 8. The van der Waals surface area contributed by atoms with Crippen molar-refractivity contribution in [3.63, 3.8) is 0 Å². The summed E-state index contributed by atoms with van der Waals surface area (Å²) in [5.74, 6) is -1.73. The van der Waals surface area contributed by atoms with Gasteiger partial charge >= 0.3 is 6.36 Å². The van der Waals surface area contributed by atoms with Crippen LogP contribution in [0.15, 0.2) is 72.8 Å². The second-order valence-electron chi connectivity index (χ2n) is 9.03.